The summed E-state index contributed by atoms with van der Waals surface area (Å²) in [4.78, 5) is 0. The van der Waals surface area contributed by atoms with Gasteiger partial charge in [0.2, 0.25) is 0 Å². The predicted octanol–water partition coefficient (Wildman–Crippen LogP) is 4.53. The first-order valence-corrected chi connectivity index (χ1v) is 8.37. The molecule has 0 unspecified atom stereocenters. The van der Waals surface area contributed by atoms with E-state index in [-0.39, 0.29) is 5.82 Å². The Morgan fingerprint density at radius 2 is 1.74 bits per heavy atom. The molecule has 0 amide bonds. The molecule has 0 aliphatic carbocycles. The van der Waals surface area contributed by atoms with Crippen LogP contribution in [0.4, 0.5) is 4.39 Å². The molecule has 0 saturated heterocycles. The van der Waals surface area contributed by atoms with Crippen LogP contribution in [0.15, 0.2) is 47.6 Å². The van der Waals surface area contributed by atoms with E-state index in [0.717, 1.165) is 10.9 Å². The Labute approximate surface area is 139 Å². The summed E-state index contributed by atoms with van der Waals surface area (Å²) in [6.45, 7) is 4.19. The molecule has 23 heavy (non-hydrogen) atoms. The molecule has 118 valence electrons. The molecule has 0 spiro atoms. The van der Waals surface area contributed by atoms with Gasteiger partial charge in [-0.1, -0.05) is 53.2 Å². The van der Waals surface area contributed by atoms with Crippen LogP contribution < -0.4 is 0 Å². The van der Waals surface area contributed by atoms with Crippen LogP contribution >= 0.6 is 11.8 Å². The smallest absolute Gasteiger partial charge is 0.191 e. The van der Waals surface area contributed by atoms with Crippen LogP contribution in [0.3, 0.4) is 0 Å². The first-order valence-electron chi connectivity index (χ1n) is 7.39. The number of rotatable bonds is 4. The lowest BCUT2D eigenvalue weighted by atomic mass is 10.1. The number of halogens is 1. The Balaban J connectivity index is 1.81. The van der Waals surface area contributed by atoms with Gasteiger partial charge in [0.25, 0.3) is 0 Å². The maximum atomic E-state index is 13.9. The number of benzene rings is 2. The molecule has 3 rings (SSSR count). The Morgan fingerprint density at radius 3 is 2.43 bits per heavy atom. The maximum absolute atomic E-state index is 13.9. The molecule has 3 aromatic rings. The third kappa shape index (κ3) is 3.45. The molecule has 3 nitrogen and oxygen atoms in total. The summed E-state index contributed by atoms with van der Waals surface area (Å²) in [7, 11) is 1.87. The van der Waals surface area contributed by atoms with Crippen LogP contribution in [0.2, 0.25) is 0 Å². The van der Waals surface area contributed by atoms with Crippen molar-refractivity contribution in [2.45, 2.75) is 24.8 Å². The standard InChI is InChI=1S/C18H18FN3S/c1-12-8-13(2)10-14(9-12)11-23-18-21-20-17(22(18)3)15-6-4-5-7-16(15)19/h4-10H,11H2,1-3H3. The van der Waals surface area contributed by atoms with Crippen molar-refractivity contribution in [3.63, 3.8) is 0 Å². The quantitative estimate of drug-likeness (QED) is 0.660. The summed E-state index contributed by atoms with van der Waals surface area (Å²) in [6.07, 6.45) is 0. The molecule has 0 aliphatic heterocycles. The first kappa shape index (κ1) is 15.7. The number of hydrogen-bond donors (Lipinski definition) is 0. The number of thioether (sulfide) groups is 1. The third-order valence-electron chi connectivity index (χ3n) is 3.60. The largest absolute Gasteiger partial charge is 0.305 e. The predicted molar refractivity (Wildman–Crippen MR) is 91.9 cm³/mol. The highest BCUT2D eigenvalue weighted by molar-refractivity contribution is 7.98. The SMILES string of the molecule is Cc1cc(C)cc(CSc2nnc(-c3ccccc3F)n2C)c1. The second-order valence-electron chi connectivity index (χ2n) is 5.63. The van der Waals surface area contributed by atoms with Gasteiger partial charge in [0, 0.05) is 12.8 Å². The number of aryl methyl sites for hydroxylation is 2. The van der Waals surface area contributed by atoms with Gasteiger partial charge in [0.15, 0.2) is 11.0 Å². The Kier molecular flexibility index (Phi) is 4.48. The van der Waals surface area contributed by atoms with Gasteiger partial charge in [-0.2, -0.15) is 0 Å². The van der Waals surface area contributed by atoms with Crippen molar-refractivity contribution in [3.05, 3.63) is 65.0 Å². The van der Waals surface area contributed by atoms with Gasteiger partial charge in [-0.05, 0) is 31.5 Å². The minimum absolute atomic E-state index is 0.283. The highest BCUT2D eigenvalue weighted by Crippen LogP contribution is 2.27. The molecule has 0 bridgehead atoms. The number of aromatic nitrogens is 3. The van der Waals surface area contributed by atoms with Gasteiger partial charge in [-0.15, -0.1) is 10.2 Å². The molecular weight excluding hydrogens is 309 g/mol. The minimum Gasteiger partial charge on any atom is -0.305 e. The van der Waals surface area contributed by atoms with Crippen LogP contribution in [0.1, 0.15) is 16.7 Å². The van der Waals surface area contributed by atoms with Crippen molar-refractivity contribution in [1.29, 1.82) is 0 Å². The average Bonchev–Trinajstić information content (AvgIpc) is 2.86. The fraction of sp³-hybridized carbons (Fsp3) is 0.222. The Bertz CT molecular complexity index is 822. The molecule has 1 aromatic heterocycles. The average molecular weight is 327 g/mol. The molecule has 2 aromatic carbocycles. The molecule has 0 radical (unpaired) electrons. The second-order valence-corrected chi connectivity index (χ2v) is 6.57. The van der Waals surface area contributed by atoms with E-state index in [4.69, 9.17) is 0 Å². The van der Waals surface area contributed by atoms with Crippen LogP contribution in [-0.2, 0) is 12.8 Å². The van der Waals surface area contributed by atoms with E-state index in [0.29, 0.717) is 11.4 Å². The normalized spacial score (nSPS) is 11.0. The van der Waals surface area contributed by atoms with Gasteiger partial charge in [0.05, 0.1) is 5.56 Å². The van der Waals surface area contributed by atoms with E-state index in [1.54, 1.807) is 30.0 Å². The van der Waals surface area contributed by atoms with Crippen molar-refractivity contribution in [2.75, 3.05) is 0 Å². The van der Waals surface area contributed by atoms with E-state index in [1.165, 1.54) is 22.8 Å². The van der Waals surface area contributed by atoms with E-state index < -0.39 is 0 Å². The molecule has 0 fully saturated rings. The fourth-order valence-electron chi connectivity index (χ4n) is 2.62. The monoisotopic (exact) mass is 327 g/mol. The minimum atomic E-state index is -0.283. The van der Waals surface area contributed by atoms with Gasteiger partial charge in [-0.25, -0.2) is 4.39 Å². The second kappa shape index (κ2) is 6.54. The van der Waals surface area contributed by atoms with Crippen molar-refractivity contribution in [2.24, 2.45) is 7.05 Å². The van der Waals surface area contributed by atoms with Crippen molar-refractivity contribution >= 4 is 11.8 Å². The molecule has 1 heterocycles. The van der Waals surface area contributed by atoms with Crippen LogP contribution in [0, 0.1) is 19.7 Å². The highest BCUT2D eigenvalue weighted by Gasteiger charge is 2.14. The summed E-state index contributed by atoms with van der Waals surface area (Å²) in [6, 6.07) is 13.1. The molecule has 0 atom stereocenters. The lowest BCUT2D eigenvalue weighted by molar-refractivity contribution is 0.628. The lowest BCUT2D eigenvalue weighted by Crippen LogP contribution is -1.97. The zero-order valence-corrected chi connectivity index (χ0v) is 14.2. The van der Waals surface area contributed by atoms with E-state index in [2.05, 4.69) is 42.2 Å². The fourth-order valence-corrected chi connectivity index (χ4v) is 3.46. The molecular formula is C18H18FN3S. The maximum Gasteiger partial charge on any atom is 0.191 e. The first-order chi connectivity index (χ1) is 11.0. The zero-order valence-electron chi connectivity index (χ0n) is 13.4. The summed E-state index contributed by atoms with van der Waals surface area (Å²) in [5.41, 5.74) is 4.24. The van der Waals surface area contributed by atoms with Gasteiger partial charge in [-0.3, -0.25) is 0 Å². The summed E-state index contributed by atoms with van der Waals surface area (Å²) < 4.78 is 15.8. The zero-order chi connectivity index (χ0) is 16.4. The van der Waals surface area contributed by atoms with Crippen molar-refractivity contribution < 1.29 is 4.39 Å². The molecule has 5 heteroatoms. The Hall–Kier alpha value is -2.14. The van der Waals surface area contributed by atoms with E-state index in [9.17, 15) is 4.39 Å². The van der Waals surface area contributed by atoms with Gasteiger partial charge >= 0.3 is 0 Å². The van der Waals surface area contributed by atoms with Crippen molar-refractivity contribution in [1.82, 2.24) is 14.8 Å². The van der Waals surface area contributed by atoms with Crippen LogP contribution in [0.5, 0.6) is 0 Å². The summed E-state index contributed by atoms with van der Waals surface area (Å²) in [5, 5.41) is 9.13. The van der Waals surface area contributed by atoms with Crippen LogP contribution in [0.25, 0.3) is 11.4 Å². The van der Waals surface area contributed by atoms with Crippen molar-refractivity contribution in [3.8, 4) is 11.4 Å². The molecule has 0 aliphatic rings. The van der Waals surface area contributed by atoms with E-state index >= 15 is 0 Å². The number of hydrogen-bond acceptors (Lipinski definition) is 3. The van der Waals surface area contributed by atoms with Crippen LogP contribution in [-0.4, -0.2) is 14.8 Å². The molecule has 0 N–H and O–H groups in total. The van der Waals surface area contributed by atoms with Gasteiger partial charge < -0.3 is 4.57 Å². The summed E-state index contributed by atoms with van der Waals surface area (Å²) in [5.74, 6) is 1.08. The topological polar surface area (TPSA) is 30.7 Å². The number of nitrogens with zero attached hydrogens (tertiary/aromatic N) is 3. The highest BCUT2D eigenvalue weighted by atomic mass is 32.2. The third-order valence-corrected chi connectivity index (χ3v) is 4.69. The summed E-state index contributed by atoms with van der Waals surface area (Å²) >= 11 is 1.61. The molecule has 0 saturated carbocycles. The Morgan fingerprint density at radius 1 is 1.04 bits per heavy atom. The lowest BCUT2D eigenvalue weighted by Gasteiger charge is -2.06. The van der Waals surface area contributed by atoms with E-state index in [1.807, 2.05) is 11.6 Å². The van der Waals surface area contributed by atoms with Gasteiger partial charge in [0.1, 0.15) is 5.82 Å².